The molecule has 0 spiro atoms. The number of halogens is 4. The van der Waals surface area contributed by atoms with Crippen molar-refractivity contribution in [2.24, 2.45) is 0 Å². The number of nitrogens with zero attached hydrogens (tertiary/aromatic N) is 2. The Bertz CT molecular complexity index is 831. The van der Waals surface area contributed by atoms with Gasteiger partial charge in [-0.05, 0) is 32.0 Å². The average molecular weight is 417 g/mol. The molecule has 0 unspecified atom stereocenters. The van der Waals surface area contributed by atoms with Gasteiger partial charge in [-0.15, -0.1) is 0 Å². The van der Waals surface area contributed by atoms with Crippen LogP contribution in [0.5, 0.6) is 0 Å². The van der Waals surface area contributed by atoms with Crippen LogP contribution in [0.15, 0.2) is 24.3 Å². The summed E-state index contributed by atoms with van der Waals surface area (Å²) in [4.78, 5) is 20.4. The monoisotopic (exact) mass is 416 g/mol. The first kappa shape index (κ1) is 21.5. The number of carbonyl (C=O) groups is 1. The fourth-order valence-electron chi connectivity index (χ4n) is 2.27. The first-order chi connectivity index (χ1) is 13.2. The van der Waals surface area contributed by atoms with Crippen LogP contribution in [0.4, 0.5) is 35.4 Å². The van der Waals surface area contributed by atoms with Crippen molar-refractivity contribution in [2.75, 3.05) is 35.6 Å². The summed E-state index contributed by atoms with van der Waals surface area (Å²) in [5, 5.41) is 10.5. The number of carbonyl (C=O) groups excluding carboxylic acids is 1. The lowest BCUT2D eigenvalue weighted by atomic mass is 10.2. The molecule has 7 nitrogen and oxygen atoms in total. The Hall–Kier alpha value is -2.75. The van der Waals surface area contributed by atoms with Crippen LogP contribution in [-0.4, -0.2) is 35.6 Å². The molecule has 0 radical (unpaired) electrons. The molecule has 0 atom stereocenters. The van der Waals surface area contributed by atoms with Crippen molar-refractivity contribution in [3.05, 3.63) is 40.5 Å². The summed E-state index contributed by atoms with van der Waals surface area (Å²) in [7, 11) is 0. The van der Waals surface area contributed by atoms with E-state index < -0.39 is 22.8 Å². The summed E-state index contributed by atoms with van der Waals surface area (Å²) in [6.45, 7) is 5.04. The Morgan fingerprint density at radius 2 is 1.89 bits per heavy atom. The van der Waals surface area contributed by atoms with Crippen molar-refractivity contribution in [1.29, 1.82) is 0 Å². The number of aromatic nitrogens is 2. The Morgan fingerprint density at radius 1 is 1.14 bits per heavy atom. The maximum Gasteiger partial charge on any atom is 0.417 e. The number of nitrogens with one attached hydrogen (secondary N) is 4. The number of amides is 2. The predicted octanol–water partition coefficient (Wildman–Crippen LogP) is 4.12. The smallest absolute Gasteiger partial charge is 0.370 e. The van der Waals surface area contributed by atoms with Gasteiger partial charge in [0, 0.05) is 37.1 Å². The molecule has 0 bridgehead atoms. The number of aryl methyl sites for hydroxylation is 1. The van der Waals surface area contributed by atoms with E-state index in [9.17, 15) is 18.0 Å². The lowest BCUT2D eigenvalue weighted by Gasteiger charge is -2.13. The highest BCUT2D eigenvalue weighted by molar-refractivity contribution is 6.31. The minimum Gasteiger partial charge on any atom is -0.370 e. The van der Waals surface area contributed by atoms with Crippen molar-refractivity contribution < 1.29 is 18.0 Å². The highest BCUT2D eigenvalue weighted by Crippen LogP contribution is 2.36. The molecule has 0 aliphatic carbocycles. The molecule has 0 saturated heterocycles. The van der Waals surface area contributed by atoms with Gasteiger partial charge >= 0.3 is 12.2 Å². The van der Waals surface area contributed by atoms with E-state index in [0.29, 0.717) is 18.3 Å². The Kier molecular flexibility index (Phi) is 7.27. The van der Waals surface area contributed by atoms with Crippen molar-refractivity contribution in [3.63, 3.8) is 0 Å². The maximum absolute atomic E-state index is 12.8. The van der Waals surface area contributed by atoms with Crippen LogP contribution in [0.2, 0.25) is 5.02 Å². The van der Waals surface area contributed by atoms with Crippen LogP contribution in [0.1, 0.15) is 18.2 Å². The second-order valence-electron chi connectivity index (χ2n) is 5.75. The number of alkyl halides is 3. The molecular weight excluding hydrogens is 397 g/mol. The highest BCUT2D eigenvalue weighted by Gasteiger charge is 2.33. The number of anilines is 3. The number of benzene rings is 1. The number of rotatable bonds is 7. The molecule has 1 heterocycles. The predicted molar refractivity (Wildman–Crippen MR) is 103 cm³/mol. The molecule has 28 heavy (non-hydrogen) atoms. The summed E-state index contributed by atoms with van der Waals surface area (Å²) >= 11 is 5.55. The minimum absolute atomic E-state index is 0.0144. The van der Waals surface area contributed by atoms with Gasteiger partial charge in [-0.2, -0.15) is 18.2 Å². The zero-order valence-electron chi connectivity index (χ0n) is 15.2. The molecule has 2 rings (SSSR count). The van der Waals surface area contributed by atoms with Crippen molar-refractivity contribution in [2.45, 2.75) is 20.0 Å². The standard InChI is InChI=1S/C17H20ClF3N6O/c1-3-22-14-8-10(2)25-15(27-14)23-6-7-24-16(28)26-11-4-5-13(18)12(9-11)17(19,20)21/h4-5,8-9H,3,6-7H2,1-2H3,(H2,24,26,28)(H2,22,23,25,27). The van der Waals surface area contributed by atoms with Gasteiger partial charge < -0.3 is 21.3 Å². The third-order valence-corrected chi connectivity index (χ3v) is 3.76. The van der Waals surface area contributed by atoms with Crippen LogP contribution in [0.3, 0.4) is 0 Å². The topological polar surface area (TPSA) is 91.0 Å². The van der Waals surface area contributed by atoms with E-state index in [0.717, 1.165) is 24.4 Å². The molecule has 0 fully saturated rings. The maximum atomic E-state index is 12.8. The van der Waals surface area contributed by atoms with E-state index in [1.165, 1.54) is 6.07 Å². The number of hydrogen-bond acceptors (Lipinski definition) is 5. The van der Waals surface area contributed by atoms with Crippen LogP contribution in [0.25, 0.3) is 0 Å². The largest absolute Gasteiger partial charge is 0.417 e. The summed E-state index contributed by atoms with van der Waals surface area (Å²) in [5.41, 5.74) is -0.247. The van der Waals surface area contributed by atoms with E-state index in [2.05, 4.69) is 31.2 Å². The molecule has 11 heteroatoms. The fourth-order valence-corrected chi connectivity index (χ4v) is 2.49. The van der Waals surface area contributed by atoms with Gasteiger partial charge in [0.15, 0.2) is 0 Å². The molecule has 1 aromatic carbocycles. The van der Waals surface area contributed by atoms with Crippen molar-refractivity contribution in [1.82, 2.24) is 15.3 Å². The van der Waals surface area contributed by atoms with E-state index >= 15 is 0 Å². The lowest BCUT2D eigenvalue weighted by Crippen LogP contribution is -2.33. The van der Waals surface area contributed by atoms with E-state index in [1.807, 2.05) is 19.9 Å². The van der Waals surface area contributed by atoms with Gasteiger partial charge in [0.1, 0.15) is 5.82 Å². The Labute approximate surface area is 165 Å². The van der Waals surface area contributed by atoms with Gasteiger partial charge in [-0.3, -0.25) is 0 Å². The third kappa shape index (κ3) is 6.45. The average Bonchev–Trinajstić information content (AvgIpc) is 2.59. The SMILES string of the molecule is CCNc1cc(C)nc(NCCNC(=O)Nc2ccc(Cl)c(C(F)(F)F)c2)n1. The summed E-state index contributed by atoms with van der Waals surface area (Å²) in [6.07, 6.45) is -4.60. The molecule has 0 aliphatic heterocycles. The zero-order valence-corrected chi connectivity index (χ0v) is 16.0. The minimum atomic E-state index is -4.60. The summed E-state index contributed by atoms with van der Waals surface area (Å²) in [6, 6.07) is 4.32. The summed E-state index contributed by atoms with van der Waals surface area (Å²) < 4.78 is 38.5. The quantitative estimate of drug-likeness (QED) is 0.510. The van der Waals surface area contributed by atoms with Gasteiger partial charge in [-0.25, -0.2) is 9.78 Å². The number of urea groups is 1. The summed E-state index contributed by atoms with van der Waals surface area (Å²) in [5.74, 6) is 1.09. The molecule has 2 amide bonds. The molecular formula is C17H20ClF3N6O. The lowest BCUT2D eigenvalue weighted by molar-refractivity contribution is -0.137. The highest BCUT2D eigenvalue weighted by atomic mass is 35.5. The first-order valence-corrected chi connectivity index (χ1v) is 8.82. The molecule has 0 saturated carbocycles. The van der Waals surface area contributed by atoms with Gasteiger partial charge in [0.25, 0.3) is 0 Å². The number of hydrogen-bond donors (Lipinski definition) is 4. The normalized spacial score (nSPS) is 11.1. The van der Waals surface area contributed by atoms with Crippen molar-refractivity contribution >= 4 is 35.1 Å². The van der Waals surface area contributed by atoms with E-state index in [1.54, 1.807) is 0 Å². The van der Waals surface area contributed by atoms with E-state index in [-0.39, 0.29) is 12.2 Å². The van der Waals surface area contributed by atoms with Gasteiger partial charge in [0.05, 0.1) is 10.6 Å². The van der Waals surface area contributed by atoms with Gasteiger partial charge in [0.2, 0.25) is 5.95 Å². The third-order valence-electron chi connectivity index (χ3n) is 3.44. The van der Waals surface area contributed by atoms with Crippen LogP contribution >= 0.6 is 11.6 Å². The zero-order chi connectivity index (χ0) is 20.7. The second kappa shape index (κ2) is 9.45. The Morgan fingerprint density at radius 3 is 2.57 bits per heavy atom. The molecule has 1 aromatic heterocycles. The molecule has 0 aliphatic rings. The van der Waals surface area contributed by atoms with Crippen LogP contribution in [0, 0.1) is 6.92 Å². The van der Waals surface area contributed by atoms with E-state index in [4.69, 9.17) is 11.6 Å². The second-order valence-corrected chi connectivity index (χ2v) is 6.16. The molecule has 4 N–H and O–H groups in total. The van der Waals surface area contributed by atoms with Gasteiger partial charge in [-0.1, -0.05) is 11.6 Å². The van der Waals surface area contributed by atoms with Crippen LogP contribution in [-0.2, 0) is 6.18 Å². The molecule has 152 valence electrons. The first-order valence-electron chi connectivity index (χ1n) is 8.44. The van der Waals surface area contributed by atoms with Crippen LogP contribution < -0.4 is 21.3 Å². The fraction of sp³-hybridized carbons (Fsp3) is 0.353. The molecule has 2 aromatic rings. The Balaban J connectivity index is 1.84. The van der Waals surface area contributed by atoms with Crippen molar-refractivity contribution in [3.8, 4) is 0 Å².